The van der Waals surface area contributed by atoms with Gasteiger partial charge < -0.3 is 4.90 Å². The van der Waals surface area contributed by atoms with Crippen LogP contribution in [0.15, 0.2) is 12.2 Å². The molecule has 0 aromatic rings. The Balaban J connectivity index is 3.49. The molecule has 0 aliphatic rings. The molecule has 63 valence electrons. The molecule has 2 heteroatoms. The van der Waals surface area contributed by atoms with Crippen molar-refractivity contribution >= 4 is 6.29 Å². The minimum atomic E-state index is 0.567. The minimum absolute atomic E-state index is 0.567. The average molecular weight is 154 g/mol. The molecule has 0 unspecified atom stereocenters. The third-order valence-electron chi connectivity index (χ3n) is 1.77. The average Bonchev–Trinajstić information content (AvgIpc) is 2.06. The van der Waals surface area contributed by atoms with E-state index in [2.05, 4.69) is 25.3 Å². The van der Waals surface area contributed by atoms with Gasteiger partial charge in [-0.25, -0.2) is 0 Å². The number of nitrogens with zero attached hydrogens (tertiary/aromatic N) is 1. The first kappa shape index (κ1) is 10.4. The van der Waals surface area contributed by atoms with Crippen LogP contribution in [0.2, 0.25) is 0 Å². The lowest BCUT2D eigenvalue weighted by molar-refractivity contribution is 0.309. The minimum Gasteiger partial charge on any atom is -0.304 e. The van der Waals surface area contributed by atoms with Crippen LogP contribution in [0.1, 0.15) is 20.3 Å². The summed E-state index contributed by atoms with van der Waals surface area (Å²) in [6.07, 6.45) is 2.54. The van der Waals surface area contributed by atoms with E-state index in [1.165, 1.54) is 0 Å². The summed E-state index contributed by atoms with van der Waals surface area (Å²) < 4.78 is 0. The molecule has 11 heavy (non-hydrogen) atoms. The summed E-state index contributed by atoms with van der Waals surface area (Å²) in [4.78, 5) is 12.3. The first-order chi connectivity index (χ1) is 5.24. The van der Waals surface area contributed by atoms with Crippen LogP contribution in [0.4, 0.5) is 0 Å². The Morgan fingerprint density at radius 1 is 1.45 bits per heavy atom. The molecule has 0 spiro atoms. The second-order valence-corrected chi connectivity index (χ2v) is 2.48. The molecule has 0 aliphatic carbocycles. The monoisotopic (exact) mass is 154 g/mol. The molecule has 1 radical (unpaired) electrons. The van der Waals surface area contributed by atoms with Crippen LogP contribution in [0.5, 0.6) is 0 Å². The Morgan fingerprint density at radius 2 is 2.00 bits per heavy atom. The van der Waals surface area contributed by atoms with Crippen molar-refractivity contribution in [2.75, 3.05) is 19.6 Å². The van der Waals surface area contributed by atoms with E-state index in [0.29, 0.717) is 5.57 Å². The lowest BCUT2D eigenvalue weighted by atomic mass is 10.2. The highest BCUT2D eigenvalue weighted by molar-refractivity contribution is 5.72. The second kappa shape index (κ2) is 6.10. The van der Waals surface area contributed by atoms with Gasteiger partial charge in [-0.15, -0.1) is 0 Å². The molecule has 0 N–H and O–H groups in total. The standard InChI is InChI=1S/C9H16NO/c1-4-10(5-2)7-6-9(3)8-11/h3-7H2,1-2H3. The molecule has 0 heterocycles. The molecule has 0 aliphatic heterocycles. The molecule has 0 saturated carbocycles. The van der Waals surface area contributed by atoms with E-state index in [9.17, 15) is 4.79 Å². The van der Waals surface area contributed by atoms with Crippen molar-refractivity contribution in [2.24, 2.45) is 0 Å². The van der Waals surface area contributed by atoms with Crippen LogP contribution in [0.25, 0.3) is 0 Å². The molecular formula is C9H16NO. The molecule has 0 fully saturated rings. The maximum Gasteiger partial charge on any atom is 0.228 e. The van der Waals surface area contributed by atoms with Gasteiger partial charge in [-0.3, -0.25) is 4.79 Å². The lowest BCUT2D eigenvalue weighted by Gasteiger charge is -2.16. The normalized spacial score (nSPS) is 10.1. The van der Waals surface area contributed by atoms with Gasteiger partial charge in [0.25, 0.3) is 0 Å². The van der Waals surface area contributed by atoms with Crippen molar-refractivity contribution in [3.63, 3.8) is 0 Å². The Morgan fingerprint density at radius 3 is 2.36 bits per heavy atom. The van der Waals surface area contributed by atoms with E-state index in [-0.39, 0.29) is 0 Å². The van der Waals surface area contributed by atoms with Crippen LogP contribution in [0, 0.1) is 0 Å². The van der Waals surface area contributed by atoms with Crippen molar-refractivity contribution < 1.29 is 4.79 Å². The summed E-state index contributed by atoms with van der Waals surface area (Å²) in [6, 6.07) is 0. The summed E-state index contributed by atoms with van der Waals surface area (Å²) in [5, 5.41) is 0. The van der Waals surface area contributed by atoms with Crippen molar-refractivity contribution in [1.29, 1.82) is 0 Å². The first-order valence-electron chi connectivity index (χ1n) is 4.02. The maximum absolute atomic E-state index is 10.1. The molecule has 0 rings (SSSR count). The van der Waals surface area contributed by atoms with Crippen molar-refractivity contribution in [2.45, 2.75) is 20.3 Å². The van der Waals surface area contributed by atoms with Gasteiger partial charge >= 0.3 is 0 Å². The molecule has 0 bridgehead atoms. The number of hydrogen-bond donors (Lipinski definition) is 0. The van der Waals surface area contributed by atoms with Gasteiger partial charge in [0, 0.05) is 6.54 Å². The molecule has 0 atom stereocenters. The van der Waals surface area contributed by atoms with Gasteiger partial charge in [0.05, 0.1) is 0 Å². The SMILES string of the molecule is C=C([C]=O)CCN(CC)CC. The van der Waals surface area contributed by atoms with E-state index in [4.69, 9.17) is 0 Å². The summed E-state index contributed by atoms with van der Waals surface area (Å²) >= 11 is 0. The number of carbonyl (C=O) groups excluding carboxylic acids is 1. The Hall–Kier alpha value is -0.630. The third kappa shape index (κ3) is 4.73. The van der Waals surface area contributed by atoms with E-state index in [1.807, 2.05) is 0 Å². The molecular weight excluding hydrogens is 138 g/mol. The quantitative estimate of drug-likeness (QED) is 0.539. The number of rotatable bonds is 6. The molecule has 0 aromatic carbocycles. The van der Waals surface area contributed by atoms with Crippen LogP contribution in [0.3, 0.4) is 0 Å². The fraction of sp³-hybridized carbons (Fsp3) is 0.667. The Kier molecular flexibility index (Phi) is 5.75. The maximum atomic E-state index is 10.1. The van der Waals surface area contributed by atoms with E-state index in [1.54, 1.807) is 6.29 Å². The molecule has 0 saturated heterocycles. The van der Waals surface area contributed by atoms with Gasteiger partial charge in [0.2, 0.25) is 6.29 Å². The third-order valence-corrected chi connectivity index (χ3v) is 1.77. The lowest BCUT2D eigenvalue weighted by Crippen LogP contribution is -2.24. The first-order valence-corrected chi connectivity index (χ1v) is 4.02. The molecule has 2 nitrogen and oxygen atoms in total. The Bertz CT molecular complexity index is 128. The highest BCUT2D eigenvalue weighted by Gasteiger charge is 1.99. The van der Waals surface area contributed by atoms with E-state index >= 15 is 0 Å². The highest BCUT2D eigenvalue weighted by Crippen LogP contribution is 1.96. The van der Waals surface area contributed by atoms with Gasteiger partial charge in [-0.05, 0) is 25.1 Å². The summed E-state index contributed by atoms with van der Waals surface area (Å²) in [5.41, 5.74) is 0.567. The van der Waals surface area contributed by atoms with Gasteiger partial charge in [-0.2, -0.15) is 0 Å². The van der Waals surface area contributed by atoms with Crippen molar-refractivity contribution in [1.82, 2.24) is 4.90 Å². The van der Waals surface area contributed by atoms with Crippen LogP contribution < -0.4 is 0 Å². The molecule has 0 amide bonds. The topological polar surface area (TPSA) is 20.3 Å². The number of hydrogen-bond acceptors (Lipinski definition) is 2. The van der Waals surface area contributed by atoms with Crippen LogP contribution in [-0.4, -0.2) is 30.8 Å². The predicted molar refractivity (Wildman–Crippen MR) is 47.2 cm³/mol. The summed E-state index contributed by atoms with van der Waals surface area (Å²) in [6.45, 7) is 10.8. The molecule has 0 aromatic heterocycles. The van der Waals surface area contributed by atoms with Gasteiger partial charge in [0.1, 0.15) is 0 Å². The largest absolute Gasteiger partial charge is 0.304 e. The zero-order valence-corrected chi connectivity index (χ0v) is 7.39. The van der Waals surface area contributed by atoms with Crippen LogP contribution >= 0.6 is 0 Å². The predicted octanol–water partition coefficient (Wildman–Crippen LogP) is 1.38. The fourth-order valence-corrected chi connectivity index (χ4v) is 0.884. The zero-order valence-electron chi connectivity index (χ0n) is 7.39. The van der Waals surface area contributed by atoms with E-state index in [0.717, 1.165) is 26.1 Å². The van der Waals surface area contributed by atoms with E-state index < -0.39 is 0 Å². The summed E-state index contributed by atoms with van der Waals surface area (Å²) in [5.74, 6) is 0. The smallest absolute Gasteiger partial charge is 0.228 e. The van der Waals surface area contributed by atoms with Crippen LogP contribution in [-0.2, 0) is 4.79 Å². The highest BCUT2D eigenvalue weighted by atomic mass is 16.1. The summed E-state index contributed by atoms with van der Waals surface area (Å²) in [7, 11) is 0. The fourth-order valence-electron chi connectivity index (χ4n) is 0.884. The zero-order chi connectivity index (χ0) is 8.69. The van der Waals surface area contributed by atoms with Crippen molar-refractivity contribution in [3.8, 4) is 0 Å². The van der Waals surface area contributed by atoms with Gasteiger partial charge in [-0.1, -0.05) is 20.4 Å². The second-order valence-electron chi connectivity index (χ2n) is 2.48. The van der Waals surface area contributed by atoms with Crippen molar-refractivity contribution in [3.05, 3.63) is 12.2 Å². The van der Waals surface area contributed by atoms with Gasteiger partial charge in [0.15, 0.2) is 0 Å². The Labute approximate surface area is 68.9 Å².